The van der Waals surface area contributed by atoms with Crippen LogP contribution in [0.1, 0.15) is 11.1 Å². The summed E-state index contributed by atoms with van der Waals surface area (Å²) in [5.74, 6) is -2.28. The van der Waals surface area contributed by atoms with Gasteiger partial charge in [0.2, 0.25) is 0 Å². The summed E-state index contributed by atoms with van der Waals surface area (Å²) in [6.45, 7) is 2.64. The molecule has 6 heteroatoms. The van der Waals surface area contributed by atoms with E-state index in [1.165, 1.54) is 17.7 Å². The van der Waals surface area contributed by atoms with Crippen LogP contribution >= 0.6 is 0 Å². The molecule has 144 valence electrons. The first-order valence-corrected chi connectivity index (χ1v) is 10.4. The van der Waals surface area contributed by atoms with Crippen molar-refractivity contribution in [2.24, 2.45) is 0 Å². The summed E-state index contributed by atoms with van der Waals surface area (Å²) < 4.78 is 23.9. The van der Waals surface area contributed by atoms with Crippen LogP contribution in [-0.2, 0) is 21.2 Å². The Hall–Kier alpha value is -3.12. The van der Waals surface area contributed by atoms with Gasteiger partial charge in [-0.2, -0.15) is 0 Å². The molecule has 28 heavy (non-hydrogen) atoms. The van der Waals surface area contributed by atoms with Crippen LogP contribution in [0, 0.1) is 6.92 Å². The molecule has 0 aliphatic rings. The summed E-state index contributed by atoms with van der Waals surface area (Å²) >= 11 is 0. The molecule has 3 rings (SSSR count). The monoisotopic (exact) mass is 395 g/mol. The molecule has 0 saturated carbocycles. The number of sulfone groups is 1. The van der Waals surface area contributed by atoms with Crippen molar-refractivity contribution < 1.29 is 18.3 Å². The van der Waals surface area contributed by atoms with Gasteiger partial charge in [0.15, 0.2) is 15.6 Å². The molecule has 0 unspecified atom stereocenters. The van der Waals surface area contributed by atoms with E-state index in [-0.39, 0.29) is 4.90 Å². The Labute approximate surface area is 164 Å². The van der Waals surface area contributed by atoms with Crippen LogP contribution in [0.5, 0.6) is 0 Å². The number of carbonyl (C=O) groups is 1. The normalized spacial score (nSPS) is 11.2. The second kappa shape index (κ2) is 8.27. The number of aliphatic carboxylic acids is 1. The minimum atomic E-state index is -3.81. The van der Waals surface area contributed by atoms with E-state index in [0.29, 0.717) is 6.54 Å². The van der Waals surface area contributed by atoms with Crippen LogP contribution < -0.4 is 5.32 Å². The fraction of sp³-hybridized carbons (Fsp3) is 0.136. The highest BCUT2D eigenvalue weighted by molar-refractivity contribution is 7.92. The number of carboxylic acid groups (broad SMARTS) is 1. The maximum atomic E-state index is 11.9. The lowest BCUT2D eigenvalue weighted by Gasteiger charge is -2.10. The quantitative estimate of drug-likeness (QED) is 0.628. The molecule has 0 aromatic heterocycles. The maximum absolute atomic E-state index is 11.9. The molecular weight excluding hydrogens is 374 g/mol. The van der Waals surface area contributed by atoms with E-state index in [1.807, 2.05) is 12.1 Å². The van der Waals surface area contributed by atoms with Gasteiger partial charge < -0.3 is 10.4 Å². The Balaban J connectivity index is 1.68. The molecule has 0 fully saturated rings. The average molecular weight is 395 g/mol. The third-order valence-corrected chi connectivity index (χ3v) is 5.95. The zero-order valence-electron chi connectivity index (χ0n) is 15.4. The smallest absolute Gasteiger partial charge is 0.319 e. The minimum absolute atomic E-state index is 0.00168. The Morgan fingerprint density at radius 1 is 0.929 bits per heavy atom. The van der Waals surface area contributed by atoms with E-state index >= 15 is 0 Å². The molecule has 3 aromatic rings. The molecule has 5 nitrogen and oxygen atoms in total. The van der Waals surface area contributed by atoms with Gasteiger partial charge in [0.1, 0.15) is 0 Å². The van der Waals surface area contributed by atoms with Crippen LogP contribution in [0.25, 0.3) is 11.1 Å². The fourth-order valence-electron chi connectivity index (χ4n) is 2.84. The number of hydrogen-bond acceptors (Lipinski definition) is 4. The first-order chi connectivity index (χ1) is 13.3. The number of aryl methyl sites for hydroxylation is 1. The zero-order valence-corrected chi connectivity index (χ0v) is 16.2. The Morgan fingerprint density at radius 2 is 1.61 bits per heavy atom. The summed E-state index contributed by atoms with van der Waals surface area (Å²) in [5.41, 5.74) is 5.36. The second-order valence-electron chi connectivity index (χ2n) is 6.60. The SMILES string of the molecule is Cc1ccc(-c2cccc(CNc3ccc(S(=O)(=O)CC(=O)O)cc3)c2)cc1. The predicted molar refractivity (Wildman–Crippen MR) is 110 cm³/mol. The summed E-state index contributed by atoms with van der Waals surface area (Å²) in [5, 5.41) is 12.0. The molecule has 2 N–H and O–H groups in total. The fourth-order valence-corrected chi connectivity index (χ4v) is 3.88. The highest BCUT2D eigenvalue weighted by Gasteiger charge is 2.18. The van der Waals surface area contributed by atoms with Crippen LogP contribution in [0.3, 0.4) is 0 Å². The number of anilines is 1. The first kappa shape index (κ1) is 19.6. The topological polar surface area (TPSA) is 83.5 Å². The van der Waals surface area contributed by atoms with Crippen LogP contribution in [0.2, 0.25) is 0 Å². The molecule has 0 amide bonds. The largest absolute Gasteiger partial charge is 0.480 e. The van der Waals surface area contributed by atoms with Gasteiger partial charge in [-0.15, -0.1) is 0 Å². The third kappa shape index (κ3) is 4.98. The van der Waals surface area contributed by atoms with Crippen LogP contribution in [0.4, 0.5) is 5.69 Å². The van der Waals surface area contributed by atoms with E-state index < -0.39 is 21.6 Å². The van der Waals surface area contributed by atoms with Crippen molar-refractivity contribution in [3.8, 4) is 11.1 Å². The van der Waals surface area contributed by atoms with Crippen LogP contribution in [0.15, 0.2) is 77.7 Å². The predicted octanol–water partition coefficient (Wildman–Crippen LogP) is 4.13. The molecule has 0 aliphatic carbocycles. The lowest BCUT2D eigenvalue weighted by Crippen LogP contribution is -2.15. The van der Waals surface area contributed by atoms with Gasteiger partial charge in [0.05, 0.1) is 4.90 Å². The highest BCUT2D eigenvalue weighted by atomic mass is 32.2. The van der Waals surface area contributed by atoms with Gasteiger partial charge in [-0.3, -0.25) is 4.79 Å². The van der Waals surface area contributed by atoms with Crippen molar-refractivity contribution in [3.05, 3.63) is 83.9 Å². The lowest BCUT2D eigenvalue weighted by molar-refractivity contribution is -0.134. The van der Waals surface area contributed by atoms with Gasteiger partial charge in [-0.05, 0) is 53.9 Å². The molecular formula is C22H21NO4S. The van der Waals surface area contributed by atoms with Crippen LogP contribution in [-0.4, -0.2) is 25.2 Å². The molecule has 0 radical (unpaired) electrons. The molecule has 0 aliphatic heterocycles. The van der Waals surface area contributed by atoms with Gasteiger partial charge in [0.25, 0.3) is 0 Å². The minimum Gasteiger partial charge on any atom is -0.480 e. The van der Waals surface area contributed by atoms with Gasteiger partial charge in [-0.1, -0.05) is 48.0 Å². The number of carboxylic acids is 1. The van der Waals surface area contributed by atoms with E-state index in [4.69, 9.17) is 5.11 Å². The van der Waals surface area contributed by atoms with Gasteiger partial charge >= 0.3 is 5.97 Å². The van der Waals surface area contributed by atoms with Crippen molar-refractivity contribution in [3.63, 3.8) is 0 Å². The van der Waals surface area contributed by atoms with Crippen molar-refractivity contribution in [1.82, 2.24) is 0 Å². The van der Waals surface area contributed by atoms with Gasteiger partial charge in [-0.25, -0.2) is 8.42 Å². The maximum Gasteiger partial charge on any atom is 0.319 e. The number of nitrogens with one attached hydrogen (secondary N) is 1. The lowest BCUT2D eigenvalue weighted by atomic mass is 10.0. The zero-order chi connectivity index (χ0) is 20.1. The Kier molecular flexibility index (Phi) is 5.80. The first-order valence-electron chi connectivity index (χ1n) is 8.78. The van der Waals surface area contributed by atoms with E-state index in [0.717, 1.165) is 22.4 Å². The number of hydrogen-bond donors (Lipinski definition) is 2. The Morgan fingerprint density at radius 3 is 2.25 bits per heavy atom. The van der Waals surface area contributed by atoms with Gasteiger partial charge in [0, 0.05) is 12.2 Å². The van der Waals surface area contributed by atoms with E-state index in [9.17, 15) is 13.2 Å². The molecule has 0 saturated heterocycles. The third-order valence-electron chi connectivity index (χ3n) is 4.34. The van der Waals surface area contributed by atoms with E-state index in [1.54, 1.807) is 12.1 Å². The molecule has 0 spiro atoms. The summed E-state index contributed by atoms with van der Waals surface area (Å²) in [6.07, 6.45) is 0. The highest BCUT2D eigenvalue weighted by Crippen LogP contribution is 2.22. The number of benzene rings is 3. The second-order valence-corrected chi connectivity index (χ2v) is 8.59. The molecule has 3 aromatic carbocycles. The van der Waals surface area contributed by atoms with Crippen molar-refractivity contribution in [2.45, 2.75) is 18.4 Å². The standard InChI is InChI=1S/C22H21NO4S/c1-16-5-7-18(8-6-16)19-4-2-3-17(13-19)14-23-20-9-11-21(12-10-20)28(26,27)15-22(24)25/h2-13,23H,14-15H2,1H3,(H,24,25). The molecule has 0 heterocycles. The molecule has 0 atom stereocenters. The summed E-state index contributed by atoms with van der Waals surface area (Å²) in [7, 11) is -3.81. The van der Waals surface area contributed by atoms with Crippen molar-refractivity contribution in [2.75, 3.05) is 11.1 Å². The summed E-state index contributed by atoms with van der Waals surface area (Å²) in [4.78, 5) is 10.7. The summed E-state index contributed by atoms with van der Waals surface area (Å²) in [6, 6.07) is 22.7. The van der Waals surface area contributed by atoms with Crippen molar-refractivity contribution >= 4 is 21.5 Å². The Bertz CT molecular complexity index is 1070. The number of rotatable bonds is 7. The van der Waals surface area contributed by atoms with Crippen molar-refractivity contribution in [1.29, 1.82) is 0 Å². The van der Waals surface area contributed by atoms with E-state index in [2.05, 4.69) is 48.6 Å². The average Bonchev–Trinajstić information content (AvgIpc) is 2.66. The molecule has 0 bridgehead atoms.